The molecule has 0 aliphatic carbocycles. The van der Waals surface area contributed by atoms with E-state index in [1.165, 1.54) is 11.3 Å². The van der Waals surface area contributed by atoms with Gasteiger partial charge in [-0.3, -0.25) is 15.0 Å². The molecule has 1 aliphatic rings. The first kappa shape index (κ1) is 17.9. The number of likely N-dealkylation sites (tertiary alicyclic amines) is 1. The van der Waals surface area contributed by atoms with Crippen molar-refractivity contribution in [2.75, 3.05) is 18.4 Å². The minimum Gasteiger partial charge on any atom is -0.338 e. The Bertz CT molecular complexity index is 713. The van der Waals surface area contributed by atoms with Gasteiger partial charge in [-0.2, -0.15) is 4.98 Å². The maximum absolute atomic E-state index is 12.3. The molecule has 9 heteroatoms. The monoisotopic (exact) mass is 364 g/mol. The van der Waals surface area contributed by atoms with Crippen LogP contribution in [0.25, 0.3) is 0 Å². The Hall–Kier alpha value is -1.87. The van der Waals surface area contributed by atoms with Gasteiger partial charge in [0.1, 0.15) is 5.01 Å². The Balaban J connectivity index is 1.59. The summed E-state index contributed by atoms with van der Waals surface area (Å²) < 4.78 is 5.42. The summed E-state index contributed by atoms with van der Waals surface area (Å²) in [6.45, 7) is 7.28. The number of nitrogens with one attached hydrogen (secondary N) is 1. The van der Waals surface area contributed by atoms with E-state index in [2.05, 4.69) is 37.5 Å². The molecular formula is C16H24N6O2S. The molecule has 25 heavy (non-hydrogen) atoms. The lowest BCUT2D eigenvalue weighted by atomic mass is 10.2. The maximum atomic E-state index is 12.3. The highest BCUT2D eigenvalue weighted by molar-refractivity contribution is 7.15. The van der Waals surface area contributed by atoms with Gasteiger partial charge in [0.2, 0.25) is 16.9 Å². The normalized spacial score (nSPS) is 18.2. The third-order valence-corrected chi connectivity index (χ3v) is 5.04. The molecular weight excluding hydrogens is 340 g/mol. The van der Waals surface area contributed by atoms with Gasteiger partial charge in [-0.15, -0.1) is 10.2 Å². The SMILES string of the molecule is CCCc1nnc(NC(=O)CN2CCC[C@@H]2c2nc(C(C)C)no2)s1. The Morgan fingerprint density at radius 1 is 1.44 bits per heavy atom. The van der Waals surface area contributed by atoms with Gasteiger partial charge < -0.3 is 4.52 Å². The van der Waals surface area contributed by atoms with Gasteiger partial charge in [0.05, 0.1) is 12.6 Å². The lowest BCUT2D eigenvalue weighted by molar-refractivity contribution is -0.117. The predicted molar refractivity (Wildman–Crippen MR) is 94.5 cm³/mol. The summed E-state index contributed by atoms with van der Waals surface area (Å²) in [7, 11) is 0. The number of amides is 1. The molecule has 0 aromatic carbocycles. The molecule has 1 fully saturated rings. The van der Waals surface area contributed by atoms with Gasteiger partial charge >= 0.3 is 0 Å². The van der Waals surface area contributed by atoms with Crippen molar-refractivity contribution in [1.29, 1.82) is 0 Å². The van der Waals surface area contributed by atoms with Crippen LogP contribution in [0, 0.1) is 0 Å². The standard InChI is InChI=1S/C16H24N6O2S/c1-4-6-13-19-20-16(25-13)17-12(23)9-22-8-5-7-11(22)15-18-14(10(2)3)21-24-15/h10-11H,4-9H2,1-3H3,(H,17,20,23)/t11-/m1/s1. The number of anilines is 1. The first-order valence-corrected chi connectivity index (χ1v) is 9.58. The molecule has 2 aromatic rings. The zero-order valence-corrected chi connectivity index (χ0v) is 15.7. The number of carbonyl (C=O) groups excluding carboxylic acids is 1. The molecule has 0 unspecified atom stereocenters. The molecule has 0 spiro atoms. The van der Waals surface area contributed by atoms with E-state index in [1.54, 1.807) is 0 Å². The summed E-state index contributed by atoms with van der Waals surface area (Å²) in [6, 6.07) is 0.0100. The van der Waals surface area contributed by atoms with E-state index in [9.17, 15) is 4.79 Å². The molecule has 1 N–H and O–H groups in total. The molecule has 3 heterocycles. The molecule has 1 saturated heterocycles. The predicted octanol–water partition coefficient (Wildman–Crippen LogP) is 2.77. The number of aromatic nitrogens is 4. The van der Waals surface area contributed by atoms with Gasteiger partial charge in [-0.05, 0) is 25.8 Å². The van der Waals surface area contributed by atoms with Crippen LogP contribution in [0.3, 0.4) is 0 Å². The fourth-order valence-electron chi connectivity index (χ4n) is 2.87. The minimum atomic E-state index is -0.0882. The van der Waals surface area contributed by atoms with Crippen molar-refractivity contribution in [3.8, 4) is 0 Å². The van der Waals surface area contributed by atoms with E-state index in [1.807, 2.05) is 13.8 Å². The number of rotatable bonds is 7. The van der Waals surface area contributed by atoms with Gasteiger partial charge in [0.25, 0.3) is 0 Å². The Morgan fingerprint density at radius 3 is 3.00 bits per heavy atom. The quantitative estimate of drug-likeness (QED) is 0.807. The molecule has 2 aromatic heterocycles. The van der Waals surface area contributed by atoms with Crippen LogP contribution in [0.4, 0.5) is 5.13 Å². The summed E-state index contributed by atoms with van der Waals surface area (Å²) in [6.07, 6.45) is 3.83. The van der Waals surface area contributed by atoms with Crippen molar-refractivity contribution in [2.24, 2.45) is 0 Å². The Morgan fingerprint density at radius 2 is 2.28 bits per heavy atom. The largest absolute Gasteiger partial charge is 0.338 e. The highest BCUT2D eigenvalue weighted by atomic mass is 32.1. The molecule has 1 amide bonds. The van der Waals surface area contributed by atoms with E-state index in [4.69, 9.17) is 4.52 Å². The number of carbonyl (C=O) groups is 1. The van der Waals surface area contributed by atoms with E-state index in [-0.39, 0.29) is 24.4 Å². The van der Waals surface area contributed by atoms with E-state index in [0.29, 0.717) is 16.8 Å². The molecule has 8 nitrogen and oxygen atoms in total. The molecule has 0 saturated carbocycles. The maximum Gasteiger partial charge on any atom is 0.244 e. The molecule has 0 bridgehead atoms. The van der Waals surface area contributed by atoms with Crippen molar-refractivity contribution in [3.63, 3.8) is 0 Å². The second kappa shape index (κ2) is 8.01. The number of hydrogen-bond donors (Lipinski definition) is 1. The third kappa shape index (κ3) is 4.40. The van der Waals surface area contributed by atoms with Gasteiger partial charge in [-0.1, -0.05) is 37.3 Å². The van der Waals surface area contributed by atoms with Crippen molar-refractivity contribution in [2.45, 2.75) is 58.4 Å². The smallest absolute Gasteiger partial charge is 0.244 e. The van der Waals surface area contributed by atoms with Crippen LogP contribution in [0.2, 0.25) is 0 Å². The van der Waals surface area contributed by atoms with Gasteiger partial charge in [-0.25, -0.2) is 0 Å². The fraction of sp³-hybridized carbons (Fsp3) is 0.688. The summed E-state index contributed by atoms with van der Waals surface area (Å²) in [5, 5.41) is 16.5. The average Bonchev–Trinajstić information content (AvgIpc) is 3.27. The molecule has 1 atom stereocenters. The molecule has 3 rings (SSSR count). The van der Waals surface area contributed by atoms with Crippen LogP contribution in [-0.2, 0) is 11.2 Å². The first-order valence-electron chi connectivity index (χ1n) is 8.76. The highest BCUT2D eigenvalue weighted by Crippen LogP contribution is 2.31. The zero-order valence-electron chi connectivity index (χ0n) is 14.9. The van der Waals surface area contributed by atoms with Gasteiger partial charge in [0, 0.05) is 12.3 Å². The zero-order chi connectivity index (χ0) is 17.8. The van der Waals surface area contributed by atoms with Gasteiger partial charge in [0.15, 0.2) is 5.82 Å². The van der Waals surface area contributed by atoms with Crippen molar-refractivity contribution in [1.82, 2.24) is 25.2 Å². The van der Waals surface area contributed by atoms with E-state index in [0.717, 1.165) is 37.2 Å². The average molecular weight is 364 g/mol. The fourth-order valence-corrected chi connectivity index (χ4v) is 3.73. The lowest BCUT2D eigenvalue weighted by Gasteiger charge is -2.20. The third-order valence-electron chi connectivity index (χ3n) is 4.15. The molecule has 0 radical (unpaired) electrons. The molecule has 1 aliphatic heterocycles. The second-order valence-electron chi connectivity index (χ2n) is 6.57. The number of hydrogen-bond acceptors (Lipinski definition) is 8. The summed E-state index contributed by atoms with van der Waals surface area (Å²) in [5.41, 5.74) is 0. The molecule has 136 valence electrons. The van der Waals surface area contributed by atoms with Crippen LogP contribution in [0.5, 0.6) is 0 Å². The van der Waals surface area contributed by atoms with Crippen LogP contribution >= 0.6 is 11.3 Å². The lowest BCUT2D eigenvalue weighted by Crippen LogP contribution is -2.33. The van der Waals surface area contributed by atoms with Crippen molar-refractivity contribution >= 4 is 22.4 Å². The van der Waals surface area contributed by atoms with Crippen LogP contribution in [-0.4, -0.2) is 44.2 Å². The minimum absolute atomic E-state index is 0.0100. The van der Waals surface area contributed by atoms with E-state index < -0.39 is 0 Å². The Kier molecular flexibility index (Phi) is 5.74. The highest BCUT2D eigenvalue weighted by Gasteiger charge is 2.32. The summed E-state index contributed by atoms with van der Waals surface area (Å²) in [4.78, 5) is 18.9. The topological polar surface area (TPSA) is 97.0 Å². The van der Waals surface area contributed by atoms with Crippen LogP contribution in [0.1, 0.15) is 68.7 Å². The second-order valence-corrected chi connectivity index (χ2v) is 7.64. The van der Waals surface area contributed by atoms with Crippen LogP contribution < -0.4 is 5.32 Å². The summed E-state index contributed by atoms with van der Waals surface area (Å²) >= 11 is 1.43. The van der Waals surface area contributed by atoms with Crippen molar-refractivity contribution < 1.29 is 9.32 Å². The Labute approximate surface area is 151 Å². The van der Waals surface area contributed by atoms with Crippen LogP contribution in [0.15, 0.2) is 4.52 Å². The van der Waals surface area contributed by atoms with Crippen molar-refractivity contribution in [3.05, 3.63) is 16.7 Å². The first-order chi connectivity index (χ1) is 12.1. The van der Waals surface area contributed by atoms with E-state index >= 15 is 0 Å². The number of nitrogens with zero attached hydrogens (tertiary/aromatic N) is 5. The number of aryl methyl sites for hydroxylation is 1. The summed E-state index contributed by atoms with van der Waals surface area (Å²) in [5.74, 6) is 1.46.